The Hall–Kier alpha value is -2.55. The van der Waals surface area contributed by atoms with Crippen LogP contribution in [0, 0.1) is 0 Å². The van der Waals surface area contributed by atoms with Crippen molar-refractivity contribution in [3.63, 3.8) is 0 Å². The number of benzene rings is 2. The Morgan fingerprint density at radius 3 is 2.59 bits per heavy atom. The highest BCUT2D eigenvalue weighted by atomic mass is 32.2. The number of hydrogen-bond acceptors (Lipinski definition) is 5. The van der Waals surface area contributed by atoms with Crippen molar-refractivity contribution in [2.45, 2.75) is 6.42 Å². The Kier molecular flexibility index (Phi) is 5.69. The van der Waals surface area contributed by atoms with Gasteiger partial charge in [0, 0.05) is 23.1 Å². The minimum atomic E-state index is -2.56. The van der Waals surface area contributed by atoms with Crippen molar-refractivity contribution in [3.05, 3.63) is 53.1 Å². The maximum atomic E-state index is 11.6. The quantitative estimate of drug-likeness (QED) is 0.463. The van der Waals surface area contributed by atoms with E-state index >= 15 is 0 Å². The van der Waals surface area contributed by atoms with Crippen molar-refractivity contribution < 1.29 is 23.1 Å². The summed E-state index contributed by atoms with van der Waals surface area (Å²) in [6.07, 6.45) is 2.88. The van der Waals surface area contributed by atoms with E-state index in [-0.39, 0.29) is 5.56 Å². The highest BCUT2D eigenvalue weighted by Crippen LogP contribution is 2.39. The Morgan fingerprint density at radius 2 is 2.00 bits per heavy atom. The lowest BCUT2D eigenvalue weighted by Gasteiger charge is -2.12. The second-order valence-electron chi connectivity index (χ2n) is 5.77. The van der Waals surface area contributed by atoms with Gasteiger partial charge in [0.1, 0.15) is 12.0 Å². The van der Waals surface area contributed by atoms with Gasteiger partial charge in [-0.05, 0) is 41.5 Å². The van der Waals surface area contributed by atoms with E-state index in [0.717, 1.165) is 23.0 Å². The van der Waals surface area contributed by atoms with Crippen LogP contribution >= 0.6 is 12.6 Å². The zero-order chi connectivity index (χ0) is 19.6. The van der Waals surface area contributed by atoms with Crippen LogP contribution in [-0.4, -0.2) is 32.3 Å². The number of methoxy groups -OCH3 is 1. The molecule has 0 fully saturated rings. The third kappa shape index (κ3) is 4.08. The van der Waals surface area contributed by atoms with Crippen LogP contribution in [0.4, 0.5) is 5.69 Å². The van der Waals surface area contributed by atoms with Crippen molar-refractivity contribution >= 4 is 51.9 Å². The number of nitrogens with zero attached hydrogens (tertiary/aromatic N) is 1. The molecule has 2 aromatic rings. The minimum absolute atomic E-state index is 0.141. The molecule has 0 radical (unpaired) electrons. The van der Waals surface area contributed by atoms with Gasteiger partial charge in [-0.15, -0.1) is 12.6 Å². The lowest BCUT2D eigenvalue weighted by Crippen LogP contribution is -2.05. The normalized spacial score (nSPS) is 14.3. The molecule has 0 amide bonds. The average Bonchev–Trinajstić information content (AvgIpc) is 2.83. The number of allylic oxidation sites excluding steroid dienone is 1. The number of rotatable bonds is 4. The van der Waals surface area contributed by atoms with Gasteiger partial charge in [-0.3, -0.25) is 14.1 Å². The summed E-state index contributed by atoms with van der Waals surface area (Å²) < 4.78 is 25.3. The first-order valence-electron chi connectivity index (χ1n) is 7.83. The van der Waals surface area contributed by atoms with Crippen molar-refractivity contribution in [2.75, 3.05) is 7.11 Å². The van der Waals surface area contributed by atoms with Crippen LogP contribution in [0.1, 0.15) is 22.3 Å². The smallest absolute Gasteiger partial charge is 0.276 e. The number of fused-ring (bicyclic) bond motifs is 1. The van der Waals surface area contributed by atoms with Gasteiger partial charge in [0.25, 0.3) is 5.12 Å². The van der Waals surface area contributed by atoms with Gasteiger partial charge in [-0.2, -0.15) is 0 Å². The zero-order valence-electron chi connectivity index (χ0n) is 14.2. The molecule has 1 atom stereocenters. The van der Waals surface area contributed by atoms with Gasteiger partial charge in [-0.25, -0.2) is 9.20 Å². The summed E-state index contributed by atoms with van der Waals surface area (Å²) in [5, 5.41) is -0.333. The van der Waals surface area contributed by atoms with Gasteiger partial charge in [-0.1, -0.05) is 12.1 Å². The third-order valence-corrected chi connectivity index (χ3v) is 4.85. The lowest BCUT2D eigenvalue weighted by atomic mass is 9.99. The third-order valence-electron chi connectivity index (χ3n) is 4.04. The first-order chi connectivity index (χ1) is 12.9. The van der Waals surface area contributed by atoms with E-state index in [9.17, 15) is 13.8 Å². The van der Waals surface area contributed by atoms with Gasteiger partial charge in [0.15, 0.2) is 0 Å². The molecule has 0 aliphatic carbocycles. The number of hydrogen-bond donors (Lipinski definition) is 2. The summed E-state index contributed by atoms with van der Waals surface area (Å²) in [5.41, 5.74) is 3.57. The summed E-state index contributed by atoms with van der Waals surface area (Å²) in [6.45, 7) is 0. The Morgan fingerprint density at radius 1 is 1.30 bits per heavy atom. The number of thiol groups is 1. The molecule has 2 aromatic carbocycles. The van der Waals surface area contributed by atoms with E-state index < -0.39 is 16.2 Å². The van der Waals surface area contributed by atoms with E-state index in [0.29, 0.717) is 28.5 Å². The molecule has 0 saturated carbocycles. The number of aldehydes is 1. The summed E-state index contributed by atoms with van der Waals surface area (Å²) in [6, 6.07) is 9.89. The fraction of sp³-hybridized carbons (Fsp3) is 0.105. The van der Waals surface area contributed by atoms with Gasteiger partial charge < -0.3 is 4.74 Å². The second kappa shape index (κ2) is 7.99. The van der Waals surface area contributed by atoms with Crippen molar-refractivity contribution in [1.82, 2.24) is 0 Å². The molecule has 3 rings (SSSR count). The molecular formula is C19H15NO5S2. The molecule has 0 bridgehead atoms. The van der Waals surface area contributed by atoms with Gasteiger partial charge in [0.2, 0.25) is 11.1 Å². The predicted molar refractivity (Wildman–Crippen MR) is 108 cm³/mol. The second-order valence-corrected chi connectivity index (χ2v) is 7.15. The molecule has 0 saturated heterocycles. The highest BCUT2D eigenvalue weighted by molar-refractivity contribution is 7.97. The largest absolute Gasteiger partial charge is 0.496 e. The molecule has 0 aromatic heterocycles. The van der Waals surface area contributed by atoms with E-state index in [4.69, 9.17) is 9.29 Å². The maximum Gasteiger partial charge on any atom is 0.276 e. The number of ether oxygens (including phenoxy) is 1. The van der Waals surface area contributed by atoms with Crippen molar-refractivity contribution in [2.24, 2.45) is 4.99 Å². The van der Waals surface area contributed by atoms with Crippen molar-refractivity contribution in [3.8, 4) is 16.9 Å². The van der Waals surface area contributed by atoms with Crippen molar-refractivity contribution in [1.29, 1.82) is 0 Å². The molecular weight excluding hydrogens is 386 g/mol. The van der Waals surface area contributed by atoms with E-state index in [2.05, 4.69) is 17.6 Å². The summed E-state index contributed by atoms with van der Waals surface area (Å²) in [4.78, 5) is 27.2. The number of aliphatic imine (C=N–C) groups is 1. The standard InChI is InChI=1S/C19H15NO5S2/c1-25-17-8-14-6-11(10-21)7-18(26)20-16(14)9-15(17)12-2-4-13(5-3-12)19(22)27(23)24/h2-6,8-10H,7H2,1H3,(H,20,26)(H,23,24). The van der Waals surface area contributed by atoms with E-state index in [1.807, 2.05) is 6.07 Å². The molecule has 0 spiro atoms. The highest BCUT2D eigenvalue weighted by Gasteiger charge is 2.16. The summed E-state index contributed by atoms with van der Waals surface area (Å²) in [5.74, 6) is 0.567. The molecule has 1 heterocycles. The Labute approximate surface area is 163 Å². The van der Waals surface area contributed by atoms with Crippen LogP contribution in [-0.2, 0) is 15.9 Å². The molecule has 1 aliphatic rings. The topological polar surface area (TPSA) is 93.0 Å². The van der Waals surface area contributed by atoms with Crippen LogP contribution < -0.4 is 4.74 Å². The Bertz CT molecular complexity index is 1010. The number of carbonyl (C=O) groups excluding carboxylic acids is 2. The summed E-state index contributed by atoms with van der Waals surface area (Å²) >= 11 is 1.77. The predicted octanol–water partition coefficient (Wildman–Crippen LogP) is 3.67. The molecule has 1 N–H and O–H groups in total. The zero-order valence-corrected chi connectivity index (χ0v) is 15.9. The summed E-state index contributed by atoms with van der Waals surface area (Å²) in [7, 11) is 1.53. The SMILES string of the molecule is COc1cc2c(cc1-c1ccc(C(=O)S(=O)O)cc1)N=C(S)CC(C=O)=C2. The Balaban J connectivity index is 2.11. The molecule has 27 heavy (non-hydrogen) atoms. The first-order valence-corrected chi connectivity index (χ1v) is 9.38. The molecule has 6 nitrogen and oxygen atoms in total. The monoisotopic (exact) mass is 401 g/mol. The lowest BCUT2D eigenvalue weighted by molar-refractivity contribution is -0.104. The average molecular weight is 401 g/mol. The molecule has 1 unspecified atom stereocenters. The van der Waals surface area contributed by atoms with Crippen LogP contribution in [0.25, 0.3) is 17.2 Å². The minimum Gasteiger partial charge on any atom is -0.496 e. The van der Waals surface area contributed by atoms with Crippen LogP contribution in [0.5, 0.6) is 5.75 Å². The molecule has 1 aliphatic heterocycles. The fourth-order valence-corrected chi connectivity index (χ4v) is 3.39. The van der Waals surface area contributed by atoms with Crippen LogP contribution in [0.3, 0.4) is 0 Å². The molecule has 138 valence electrons. The van der Waals surface area contributed by atoms with Gasteiger partial charge >= 0.3 is 0 Å². The van der Waals surface area contributed by atoms with Crippen LogP contribution in [0.15, 0.2) is 47.0 Å². The number of carbonyl (C=O) groups is 2. The first kappa shape index (κ1) is 19.2. The van der Waals surface area contributed by atoms with Crippen LogP contribution in [0.2, 0.25) is 0 Å². The maximum absolute atomic E-state index is 11.6. The van der Waals surface area contributed by atoms with Gasteiger partial charge in [0.05, 0.1) is 17.8 Å². The van der Waals surface area contributed by atoms with E-state index in [1.165, 1.54) is 19.2 Å². The van der Waals surface area contributed by atoms with E-state index in [1.54, 1.807) is 24.3 Å². The molecule has 8 heteroatoms. The fourth-order valence-electron chi connectivity index (χ4n) is 2.77.